The van der Waals surface area contributed by atoms with Crippen LogP contribution in [0.1, 0.15) is 5.56 Å². The highest BCUT2D eigenvalue weighted by atomic mass is 19.4. The first kappa shape index (κ1) is 10.5. The van der Waals surface area contributed by atoms with E-state index in [1.54, 1.807) is 0 Å². The molecule has 16 heavy (non-hydrogen) atoms. The fourth-order valence-electron chi connectivity index (χ4n) is 1.18. The molecule has 2 rings (SSSR count). The van der Waals surface area contributed by atoms with Crippen LogP contribution in [0.15, 0.2) is 35.0 Å². The van der Waals surface area contributed by atoms with Crippen molar-refractivity contribution in [1.82, 2.24) is 5.27 Å². The van der Waals surface area contributed by atoms with E-state index >= 15 is 0 Å². The van der Waals surface area contributed by atoms with Crippen molar-refractivity contribution in [3.05, 3.63) is 36.0 Å². The van der Waals surface area contributed by atoms with Gasteiger partial charge in [-0.05, 0) is 10.7 Å². The maximum absolute atomic E-state index is 12.4. The van der Waals surface area contributed by atoms with Crippen molar-refractivity contribution in [1.29, 1.82) is 0 Å². The summed E-state index contributed by atoms with van der Waals surface area (Å²) in [5, 5.41) is 13.9. The van der Waals surface area contributed by atoms with Crippen LogP contribution >= 0.6 is 0 Å². The monoisotopic (exact) mass is 230 g/mol. The number of aromatic nitrogens is 2. The summed E-state index contributed by atoms with van der Waals surface area (Å²) in [6, 6.07) is 4.42. The van der Waals surface area contributed by atoms with Crippen LogP contribution in [-0.2, 0) is 6.18 Å². The zero-order valence-corrected chi connectivity index (χ0v) is 7.73. The molecule has 0 spiro atoms. The Kier molecular flexibility index (Phi) is 2.30. The molecule has 84 valence electrons. The molecule has 0 N–H and O–H groups in total. The van der Waals surface area contributed by atoms with Crippen molar-refractivity contribution in [3.63, 3.8) is 0 Å². The second kappa shape index (κ2) is 3.51. The van der Waals surface area contributed by atoms with E-state index in [1.165, 1.54) is 12.1 Å². The van der Waals surface area contributed by atoms with Gasteiger partial charge in [0.2, 0.25) is 11.9 Å². The lowest BCUT2D eigenvalue weighted by Crippen LogP contribution is -2.31. The molecule has 0 saturated heterocycles. The molecule has 1 heterocycles. The van der Waals surface area contributed by atoms with E-state index in [9.17, 15) is 18.3 Å². The number of rotatable bonds is 1. The summed E-state index contributed by atoms with van der Waals surface area (Å²) in [6.45, 7) is 0. The molecule has 0 amide bonds. The fraction of sp³-hybridized carbons (Fsp3) is 0.111. The first-order valence-electron chi connectivity index (χ1n) is 4.20. The minimum absolute atomic E-state index is 0.112. The van der Waals surface area contributed by atoms with Gasteiger partial charge in [-0.15, -0.1) is 0 Å². The smallest absolute Gasteiger partial charge is 0.416 e. The Morgan fingerprint density at radius 3 is 2.62 bits per heavy atom. The van der Waals surface area contributed by atoms with Crippen molar-refractivity contribution in [2.45, 2.75) is 6.18 Å². The molecule has 0 bridgehead atoms. The fourth-order valence-corrected chi connectivity index (χ4v) is 1.18. The van der Waals surface area contributed by atoms with Crippen LogP contribution in [0.5, 0.6) is 5.95 Å². The van der Waals surface area contributed by atoms with Gasteiger partial charge in [0.25, 0.3) is 0 Å². The van der Waals surface area contributed by atoms with Crippen molar-refractivity contribution < 1.29 is 27.5 Å². The van der Waals surface area contributed by atoms with Gasteiger partial charge in [0, 0.05) is 12.1 Å². The maximum atomic E-state index is 12.4. The number of hydrogen-bond donors (Lipinski definition) is 0. The number of nitrogens with zero attached hydrogens (tertiary/aromatic N) is 2. The Balaban J connectivity index is 2.44. The number of alkyl halides is 3. The molecule has 0 unspecified atom stereocenters. The Morgan fingerprint density at radius 1 is 1.31 bits per heavy atom. The molecule has 7 heteroatoms. The highest BCUT2D eigenvalue weighted by Crippen LogP contribution is 2.29. The Morgan fingerprint density at radius 2 is 2.06 bits per heavy atom. The van der Waals surface area contributed by atoms with Crippen molar-refractivity contribution in [2.24, 2.45) is 0 Å². The molecule has 0 saturated carbocycles. The molecule has 4 nitrogen and oxygen atoms in total. The second-order valence-corrected chi connectivity index (χ2v) is 3.01. The number of hydrogen-bond acceptors (Lipinski definition) is 3. The molecule has 0 aliphatic heterocycles. The van der Waals surface area contributed by atoms with E-state index in [2.05, 4.69) is 9.79 Å². The lowest BCUT2D eigenvalue weighted by atomic mass is 10.2. The molecule has 0 aliphatic carbocycles. The quantitative estimate of drug-likeness (QED) is 0.688. The summed E-state index contributed by atoms with van der Waals surface area (Å²) >= 11 is 0. The molecule has 0 fully saturated rings. The first-order chi connectivity index (χ1) is 7.47. The maximum Gasteiger partial charge on any atom is 0.416 e. The Hall–Kier alpha value is -2.05. The van der Waals surface area contributed by atoms with Crippen LogP contribution in [0.4, 0.5) is 13.2 Å². The predicted molar refractivity (Wildman–Crippen MR) is 42.5 cm³/mol. The van der Waals surface area contributed by atoms with Gasteiger partial charge >= 0.3 is 6.18 Å². The predicted octanol–water partition coefficient (Wildman–Crippen LogP) is 1.04. The molecule has 1 aromatic carbocycles. The highest BCUT2D eigenvalue weighted by molar-refractivity contribution is 5.30. The minimum atomic E-state index is -4.43. The van der Waals surface area contributed by atoms with E-state index in [0.717, 1.165) is 23.0 Å². The van der Waals surface area contributed by atoms with Gasteiger partial charge in [0.1, 0.15) is 5.95 Å². The molecular weight excluding hydrogens is 225 g/mol. The molecule has 0 aliphatic rings. The summed E-state index contributed by atoms with van der Waals surface area (Å²) in [4.78, 5) is 0. The summed E-state index contributed by atoms with van der Waals surface area (Å²) in [7, 11) is 0. The lowest BCUT2D eigenvalue weighted by Gasteiger charge is -2.04. The zero-order chi connectivity index (χ0) is 11.8. The molecule has 0 atom stereocenters. The summed E-state index contributed by atoms with van der Waals surface area (Å²) in [5.41, 5.74) is -0.700. The minimum Gasteiger partial charge on any atom is -0.539 e. The third-order valence-corrected chi connectivity index (χ3v) is 1.88. The summed E-state index contributed by atoms with van der Waals surface area (Å²) in [6.07, 6.45) is -3.48. The average molecular weight is 230 g/mol. The zero-order valence-electron chi connectivity index (χ0n) is 7.73. The van der Waals surface area contributed by atoms with Gasteiger partial charge < -0.3 is 9.63 Å². The SMILES string of the molecule is [O-]c1c[n+](-c2cccc(C(F)(F)F)c2)no1. The number of benzene rings is 1. The molecule has 1 aromatic heterocycles. The van der Waals surface area contributed by atoms with E-state index in [4.69, 9.17) is 0 Å². The Labute approximate surface area is 87.5 Å². The first-order valence-corrected chi connectivity index (χ1v) is 4.20. The van der Waals surface area contributed by atoms with E-state index < -0.39 is 17.7 Å². The largest absolute Gasteiger partial charge is 0.539 e. The van der Waals surface area contributed by atoms with Gasteiger partial charge in [-0.3, -0.25) is 0 Å². The normalized spacial score (nSPS) is 11.7. The van der Waals surface area contributed by atoms with Crippen LogP contribution in [0.3, 0.4) is 0 Å². The van der Waals surface area contributed by atoms with E-state index in [0.29, 0.717) is 0 Å². The van der Waals surface area contributed by atoms with Gasteiger partial charge in [0.15, 0.2) is 0 Å². The van der Waals surface area contributed by atoms with E-state index in [-0.39, 0.29) is 5.69 Å². The molecule has 2 aromatic rings. The lowest BCUT2D eigenvalue weighted by molar-refractivity contribution is -0.670. The van der Waals surface area contributed by atoms with E-state index in [1.807, 2.05) is 0 Å². The van der Waals surface area contributed by atoms with Crippen molar-refractivity contribution >= 4 is 0 Å². The van der Waals surface area contributed by atoms with Gasteiger partial charge in [-0.25, -0.2) is 0 Å². The average Bonchev–Trinajstić information content (AvgIpc) is 2.64. The third-order valence-electron chi connectivity index (χ3n) is 1.88. The second-order valence-electron chi connectivity index (χ2n) is 3.01. The highest BCUT2D eigenvalue weighted by Gasteiger charge is 2.31. The number of halogens is 3. The third kappa shape index (κ3) is 1.97. The van der Waals surface area contributed by atoms with Gasteiger partial charge in [-0.1, -0.05) is 6.07 Å². The van der Waals surface area contributed by atoms with Crippen molar-refractivity contribution in [2.75, 3.05) is 0 Å². The Bertz CT molecular complexity index is 507. The standard InChI is InChI=1S/C9H5F3N2O2/c10-9(11,12)6-2-1-3-7(4-6)14-5-8(15)16-13-14/h1-5H. The van der Waals surface area contributed by atoms with Crippen LogP contribution in [-0.4, -0.2) is 5.27 Å². The van der Waals surface area contributed by atoms with Crippen LogP contribution in [0, 0.1) is 0 Å². The summed E-state index contributed by atoms with van der Waals surface area (Å²) in [5.74, 6) is -0.725. The van der Waals surface area contributed by atoms with Crippen molar-refractivity contribution in [3.8, 4) is 11.6 Å². The molecule has 0 radical (unpaired) electrons. The topological polar surface area (TPSA) is 53.0 Å². The summed E-state index contributed by atoms with van der Waals surface area (Å²) < 4.78 is 42.3. The molecular formula is C9H5F3N2O2. The van der Waals surface area contributed by atoms with Crippen LogP contribution in [0.2, 0.25) is 0 Å². The van der Waals surface area contributed by atoms with Crippen LogP contribution in [0.25, 0.3) is 5.69 Å². The van der Waals surface area contributed by atoms with Crippen LogP contribution < -0.4 is 9.79 Å². The van der Waals surface area contributed by atoms with Gasteiger partial charge in [0.05, 0.1) is 10.8 Å². The van der Waals surface area contributed by atoms with Gasteiger partial charge in [-0.2, -0.15) is 13.2 Å².